The van der Waals surface area contributed by atoms with Gasteiger partial charge in [0.2, 0.25) is 6.08 Å². The van der Waals surface area contributed by atoms with Crippen molar-refractivity contribution < 1.29 is 33.3 Å². The molecular formula is C15H27NO7. The fraction of sp³-hybridized carbons (Fsp3) is 0.867. The molecule has 0 amide bonds. The molecule has 0 fully saturated rings. The van der Waals surface area contributed by atoms with E-state index in [-0.39, 0.29) is 12.6 Å². The summed E-state index contributed by atoms with van der Waals surface area (Å²) in [5.41, 5.74) is -0.500. The van der Waals surface area contributed by atoms with Crippen molar-refractivity contribution in [2.45, 2.75) is 26.4 Å². The van der Waals surface area contributed by atoms with Crippen LogP contribution in [0.25, 0.3) is 0 Å². The maximum absolute atomic E-state index is 11.3. The molecule has 8 heteroatoms. The molecule has 0 atom stereocenters. The molecule has 0 heterocycles. The predicted octanol–water partition coefficient (Wildman–Crippen LogP) is 0.730. The molecule has 0 saturated carbocycles. The molecule has 0 aliphatic heterocycles. The van der Waals surface area contributed by atoms with E-state index in [9.17, 15) is 9.59 Å². The Kier molecular flexibility index (Phi) is 13.5. The topological polar surface area (TPSA) is 92.7 Å². The van der Waals surface area contributed by atoms with Crippen molar-refractivity contribution >= 4 is 12.0 Å². The summed E-state index contributed by atoms with van der Waals surface area (Å²) in [6.07, 6.45) is 1.43. The SMILES string of the molecule is CC(C)(C)OC(=O)COCCOCCOCCOCCN=C=O. The van der Waals surface area contributed by atoms with Crippen molar-refractivity contribution in [1.82, 2.24) is 0 Å². The van der Waals surface area contributed by atoms with Crippen LogP contribution in [-0.4, -0.2) is 77.1 Å². The molecule has 0 aliphatic carbocycles. The number of carbonyl (C=O) groups is 1. The van der Waals surface area contributed by atoms with Gasteiger partial charge in [0, 0.05) is 0 Å². The van der Waals surface area contributed by atoms with Gasteiger partial charge < -0.3 is 23.7 Å². The number of ether oxygens (including phenoxy) is 5. The number of hydrogen-bond acceptors (Lipinski definition) is 8. The summed E-state index contributed by atoms with van der Waals surface area (Å²) in [5, 5.41) is 0. The maximum atomic E-state index is 11.3. The molecule has 0 aliphatic rings. The van der Waals surface area contributed by atoms with E-state index in [1.54, 1.807) is 20.8 Å². The summed E-state index contributed by atoms with van der Waals surface area (Å²) in [6.45, 7) is 8.49. The first-order chi connectivity index (χ1) is 11.0. The summed E-state index contributed by atoms with van der Waals surface area (Å²) in [6, 6.07) is 0. The Balaban J connectivity index is 3.19. The third kappa shape index (κ3) is 18.6. The van der Waals surface area contributed by atoms with Crippen LogP contribution in [0.3, 0.4) is 0 Å². The average molecular weight is 333 g/mol. The zero-order valence-electron chi connectivity index (χ0n) is 14.2. The summed E-state index contributed by atoms with van der Waals surface area (Å²) in [7, 11) is 0. The van der Waals surface area contributed by atoms with Gasteiger partial charge >= 0.3 is 5.97 Å². The van der Waals surface area contributed by atoms with E-state index in [0.717, 1.165) is 0 Å². The Morgan fingerprint density at radius 1 is 0.870 bits per heavy atom. The van der Waals surface area contributed by atoms with Gasteiger partial charge in [-0.05, 0) is 20.8 Å². The van der Waals surface area contributed by atoms with Crippen LogP contribution in [0.4, 0.5) is 0 Å². The third-order valence-corrected chi connectivity index (χ3v) is 2.17. The van der Waals surface area contributed by atoms with Crippen LogP contribution >= 0.6 is 0 Å². The summed E-state index contributed by atoms with van der Waals surface area (Å²) in [5.74, 6) is -0.389. The first-order valence-corrected chi connectivity index (χ1v) is 7.52. The van der Waals surface area contributed by atoms with E-state index in [1.165, 1.54) is 6.08 Å². The highest BCUT2D eigenvalue weighted by atomic mass is 16.6. The summed E-state index contributed by atoms with van der Waals surface area (Å²) >= 11 is 0. The van der Waals surface area contributed by atoms with Crippen molar-refractivity contribution in [3.63, 3.8) is 0 Å². The molecular weight excluding hydrogens is 306 g/mol. The van der Waals surface area contributed by atoms with Gasteiger partial charge in [-0.2, -0.15) is 0 Å². The number of hydrogen-bond donors (Lipinski definition) is 0. The lowest BCUT2D eigenvalue weighted by molar-refractivity contribution is -0.160. The second-order valence-electron chi connectivity index (χ2n) is 5.45. The van der Waals surface area contributed by atoms with Gasteiger partial charge in [0.25, 0.3) is 0 Å². The lowest BCUT2D eigenvalue weighted by Crippen LogP contribution is -2.27. The second kappa shape index (κ2) is 14.3. The monoisotopic (exact) mass is 333 g/mol. The minimum absolute atomic E-state index is 0.0807. The lowest BCUT2D eigenvalue weighted by Gasteiger charge is -2.19. The van der Waals surface area contributed by atoms with Crippen molar-refractivity contribution in [1.29, 1.82) is 0 Å². The zero-order chi connectivity index (χ0) is 17.4. The second-order valence-corrected chi connectivity index (χ2v) is 5.45. The van der Waals surface area contributed by atoms with Gasteiger partial charge in [-0.3, -0.25) is 0 Å². The number of aliphatic imine (C=N–C) groups is 1. The van der Waals surface area contributed by atoms with Gasteiger partial charge in [-0.1, -0.05) is 0 Å². The van der Waals surface area contributed by atoms with Gasteiger partial charge in [-0.15, -0.1) is 0 Å². The zero-order valence-corrected chi connectivity index (χ0v) is 14.2. The van der Waals surface area contributed by atoms with Crippen LogP contribution < -0.4 is 0 Å². The summed E-state index contributed by atoms with van der Waals surface area (Å²) in [4.78, 5) is 24.5. The summed E-state index contributed by atoms with van der Waals surface area (Å²) < 4.78 is 25.9. The van der Waals surface area contributed by atoms with Crippen molar-refractivity contribution in [2.24, 2.45) is 4.99 Å². The van der Waals surface area contributed by atoms with E-state index in [2.05, 4.69) is 4.99 Å². The molecule has 0 rings (SSSR count). The average Bonchev–Trinajstić information content (AvgIpc) is 2.46. The largest absolute Gasteiger partial charge is 0.458 e. The fourth-order valence-electron chi connectivity index (χ4n) is 1.34. The molecule has 0 unspecified atom stereocenters. The molecule has 0 aromatic rings. The highest BCUT2D eigenvalue weighted by Gasteiger charge is 2.15. The third-order valence-electron chi connectivity index (χ3n) is 2.17. The number of esters is 1. The highest BCUT2D eigenvalue weighted by Crippen LogP contribution is 2.06. The van der Waals surface area contributed by atoms with E-state index in [1.807, 2.05) is 0 Å². The van der Waals surface area contributed by atoms with E-state index >= 15 is 0 Å². The van der Waals surface area contributed by atoms with Crippen molar-refractivity contribution in [3.8, 4) is 0 Å². The highest BCUT2D eigenvalue weighted by molar-refractivity contribution is 5.71. The maximum Gasteiger partial charge on any atom is 0.332 e. The van der Waals surface area contributed by atoms with Crippen LogP contribution in [0.2, 0.25) is 0 Å². The number of carbonyl (C=O) groups excluding carboxylic acids is 2. The van der Waals surface area contributed by atoms with Gasteiger partial charge in [0.1, 0.15) is 12.2 Å². The molecule has 0 aromatic heterocycles. The van der Waals surface area contributed by atoms with Gasteiger partial charge in [0.05, 0.1) is 52.8 Å². The molecule has 8 nitrogen and oxygen atoms in total. The number of rotatable bonds is 14. The Bertz CT molecular complexity index is 348. The molecule has 23 heavy (non-hydrogen) atoms. The van der Waals surface area contributed by atoms with Crippen molar-refractivity contribution in [3.05, 3.63) is 0 Å². The Morgan fingerprint density at radius 2 is 1.35 bits per heavy atom. The normalized spacial score (nSPS) is 11.1. The van der Waals surface area contributed by atoms with E-state index in [0.29, 0.717) is 52.8 Å². The van der Waals surface area contributed by atoms with E-state index in [4.69, 9.17) is 23.7 Å². The molecule has 0 aromatic carbocycles. The lowest BCUT2D eigenvalue weighted by atomic mass is 10.2. The van der Waals surface area contributed by atoms with Crippen LogP contribution in [0.1, 0.15) is 20.8 Å². The molecule has 0 spiro atoms. The predicted molar refractivity (Wildman–Crippen MR) is 82.1 cm³/mol. The van der Waals surface area contributed by atoms with Crippen LogP contribution in [0, 0.1) is 0 Å². The fourth-order valence-corrected chi connectivity index (χ4v) is 1.34. The smallest absolute Gasteiger partial charge is 0.332 e. The van der Waals surface area contributed by atoms with Crippen LogP contribution in [-0.2, 0) is 33.3 Å². The standard InChI is InChI=1S/C15H27NO7/c1-15(2,3)23-14(18)12-22-11-10-21-9-8-20-7-6-19-5-4-16-13-17/h4-12H2,1-3H3. The molecule has 0 N–H and O–H groups in total. The number of isocyanates is 1. The minimum Gasteiger partial charge on any atom is -0.458 e. The van der Waals surface area contributed by atoms with Crippen molar-refractivity contribution in [2.75, 3.05) is 59.4 Å². The Morgan fingerprint density at radius 3 is 1.83 bits per heavy atom. The molecule has 0 bridgehead atoms. The quantitative estimate of drug-likeness (QED) is 0.200. The van der Waals surface area contributed by atoms with Crippen LogP contribution in [0.15, 0.2) is 4.99 Å². The van der Waals surface area contributed by atoms with Gasteiger partial charge in [-0.25, -0.2) is 14.6 Å². The molecule has 0 radical (unpaired) electrons. The minimum atomic E-state index is -0.500. The van der Waals surface area contributed by atoms with Gasteiger partial charge in [0.15, 0.2) is 0 Å². The first kappa shape index (κ1) is 21.7. The Labute approximate surface area is 137 Å². The first-order valence-electron chi connectivity index (χ1n) is 7.52. The van der Waals surface area contributed by atoms with E-state index < -0.39 is 5.60 Å². The molecule has 134 valence electrons. The van der Waals surface area contributed by atoms with Crippen LogP contribution in [0.5, 0.6) is 0 Å². The Hall–Kier alpha value is -1.31. The molecule has 0 saturated heterocycles. The number of nitrogens with zero attached hydrogens (tertiary/aromatic N) is 1.